The zero-order valence-corrected chi connectivity index (χ0v) is 16.6. The number of methoxy groups -OCH3 is 1. The Morgan fingerprint density at radius 2 is 2.00 bits per heavy atom. The van der Waals surface area contributed by atoms with E-state index in [1.807, 2.05) is 42.3 Å². The molecule has 6 nitrogen and oxygen atoms in total. The van der Waals surface area contributed by atoms with Crippen molar-refractivity contribution in [1.82, 2.24) is 10.2 Å². The number of aliphatic hydroxyl groups excluding tert-OH is 1. The van der Waals surface area contributed by atoms with Gasteiger partial charge < -0.3 is 19.9 Å². The van der Waals surface area contributed by atoms with Crippen LogP contribution in [0.25, 0.3) is 0 Å². The van der Waals surface area contributed by atoms with Crippen molar-refractivity contribution < 1.29 is 23.8 Å². The summed E-state index contributed by atoms with van der Waals surface area (Å²) in [4.78, 5) is 14.1. The van der Waals surface area contributed by atoms with Gasteiger partial charge >= 0.3 is 0 Å². The van der Waals surface area contributed by atoms with E-state index in [4.69, 9.17) is 9.47 Å². The van der Waals surface area contributed by atoms with Crippen LogP contribution >= 0.6 is 0 Å². The fourth-order valence-corrected chi connectivity index (χ4v) is 3.89. The summed E-state index contributed by atoms with van der Waals surface area (Å²) in [5, 5.41) is 13.9. The number of aliphatic hydroxyl groups is 1. The molecule has 0 aliphatic heterocycles. The van der Waals surface area contributed by atoms with Crippen LogP contribution in [0.3, 0.4) is 0 Å². The van der Waals surface area contributed by atoms with Crippen LogP contribution in [0.5, 0.6) is 5.75 Å². The first-order valence-electron chi connectivity index (χ1n) is 9.60. The molecule has 0 spiro atoms. The summed E-state index contributed by atoms with van der Waals surface area (Å²) in [5.41, 5.74) is 1.10. The smallest absolute Gasteiger partial charge is 0.246 e. The summed E-state index contributed by atoms with van der Waals surface area (Å²) in [6.45, 7) is 0.545. The maximum absolute atomic E-state index is 13.5. The number of halogens is 1. The second kappa shape index (κ2) is 9.82. The van der Waals surface area contributed by atoms with Crippen LogP contribution in [0, 0.1) is 5.82 Å². The molecule has 0 radical (unpaired) electrons. The average molecular weight is 402 g/mol. The molecule has 1 aliphatic carbocycles. The molecule has 4 atom stereocenters. The van der Waals surface area contributed by atoms with Crippen LogP contribution in [0.1, 0.15) is 12.0 Å². The Morgan fingerprint density at radius 3 is 2.69 bits per heavy atom. The Hall–Kier alpha value is -2.48. The molecule has 2 aromatic rings. The molecule has 1 aliphatic rings. The van der Waals surface area contributed by atoms with Crippen molar-refractivity contribution in [1.29, 1.82) is 0 Å². The maximum atomic E-state index is 13.5. The van der Waals surface area contributed by atoms with E-state index in [1.54, 1.807) is 12.1 Å². The molecule has 156 valence electrons. The molecule has 0 heterocycles. The quantitative estimate of drug-likeness (QED) is 0.707. The first-order valence-corrected chi connectivity index (χ1v) is 9.60. The molecule has 29 heavy (non-hydrogen) atoms. The van der Waals surface area contributed by atoms with Gasteiger partial charge in [0.2, 0.25) is 5.91 Å². The first kappa shape index (κ1) is 21.2. The summed E-state index contributed by atoms with van der Waals surface area (Å²) in [6.07, 6.45) is -1.04. The van der Waals surface area contributed by atoms with E-state index >= 15 is 0 Å². The minimum Gasteiger partial charge on any atom is -0.487 e. The van der Waals surface area contributed by atoms with Gasteiger partial charge in [0.15, 0.2) is 0 Å². The van der Waals surface area contributed by atoms with Crippen molar-refractivity contribution in [3.8, 4) is 5.75 Å². The zero-order chi connectivity index (χ0) is 20.8. The second-order valence-corrected chi connectivity index (χ2v) is 7.34. The summed E-state index contributed by atoms with van der Waals surface area (Å²) in [5.74, 6) is -0.311. The average Bonchev–Trinajstić information content (AvgIpc) is 2.97. The van der Waals surface area contributed by atoms with Crippen LogP contribution in [0.2, 0.25) is 0 Å². The van der Waals surface area contributed by atoms with Crippen molar-refractivity contribution in [3.63, 3.8) is 0 Å². The number of rotatable bonds is 8. The van der Waals surface area contributed by atoms with E-state index in [-0.39, 0.29) is 24.6 Å². The largest absolute Gasteiger partial charge is 0.487 e. The number of nitrogens with one attached hydrogen (secondary N) is 1. The Labute approximate surface area is 170 Å². The zero-order valence-electron chi connectivity index (χ0n) is 16.6. The van der Waals surface area contributed by atoms with Gasteiger partial charge in [0.25, 0.3) is 0 Å². The number of carbonyl (C=O) groups is 1. The molecule has 0 unspecified atom stereocenters. The minimum atomic E-state index is -0.861. The fraction of sp³-hybridized carbons (Fsp3) is 0.409. The van der Waals surface area contributed by atoms with Gasteiger partial charge in [0, 0.05) is 26.1 Å². The van der Waals surface area contributed by atoms with Crippen LogP contribution in [0.15, 0.2) is 54.6 Å². The number of amides is 1. The van der Waals surface area contributed by atoms with E-state index in [9.17, 15) is 14.3 Å². The topological polar surface area (TPSA) is 71.0 Å². The van der Waals surface area contributed by atoms with Gasteiger partial charge in [-0.3, -0.25) is 9.69 Å². The highest BCUT2D eigenvalue weighted by Crippen LogP contribution is 2.30. The number of benzene rings is 2. The SMILES string of the molecule is COCC(=O)N[C@@H]1C[C@@H](Oc2cccc(F)c2)[C@H](O)[C@H]1N(C)Cc1ccccc1. The molecule has 0 aromatic heterocycles. The summed E-state index contributed by atoms with van der Waals surface area (Å²) in [7, 11) is 3.36. The summed E-state index contributed by atoms with van der Waals surface area (Å²) >= 11 is 0. The monoisotopic (exact) mass is 402 g/mol. The molecule has 0 saturated heterocycles. The molecular formula is C22H27FN2O4. The molecule has 1 fully saturated rings. The van der Waals surface area contributed by atoms with Crippen LogP contribution in [-0.2, 0) is 16.1 Å². The minimum absolute atomic E-state index is 0.0584. The highest BCUT2D eigenvalue weighted by atomic mass is 19.1. The third kappa shape index (κ3) is 5.53. The lowest BCUT2D eigenvalue weighted by molar-refractivity contribution is -0.125. The summed E-state index contributed by atoms with van der Waals surface area (Å²) in [6, 6.07) is 15.0. The number of hydrogen-bond acceptors (Lipinski definition) is 5. The number of hydrogen-bond donors (Lipinski definition) is 2. The highest BCUT2D eigenvalue weighted by Gasteiger charge is 2.46. The lowest BCUT2D eigenvalue weighted by Crippen LogP contribution is -2.52. The number of likely N-dealkylation sites (N-methyl/N-ethyl adjacent to an activating group) is 1. The van der Waals surface area contributed by atoms with Crippen LogP contribution in [0.4, 0.5) is 4.39 Å². The molecule has 7 heteroatoms. The molecule has 2 N–H and O–H groups in total. The molecule has 1 amide bonds. The van der Waals surface area contributed by atoms with Crippen molar-refractivity contribution in [2.75, 3.05) is 20.8 Å². The maximum Gasteiger partial charge on any atom is 0.246 e. The second-order valence-electron chi connectivity index (χ2n) is 7.34. The van der Waals surface area contributed by atoms with Crippen molar-refractivity contribution in [2.45, 2.75) is 37.3 Å². The Balaban J connectivity index is 1.76. The normalized spacial score (nSPS) is 23.9. The van der Waals surface area contributed by atoms with E-state index in [1.165, 1.54) is 19.2 Å². The van der Waals surface area contributed by atoms with Crippen LogP contribution < -0.4 is 10.1 Å². The summed E-state index contributed by atoms with van der Waals surface area (Å²) < 4.78 is 24.3. The number of nitrogens with zero attached hydrogens (tertiary/aromatic N) is 1. The van der Waals surface area contributed by atoms with E-state index in [0.717, 1.165) is 5.56 Å². The third-order valence-electron chi connectivity index (χ3n) is 5.12. The third-order valence-corrected chi connectivity index (χ3v) is 5.12. The Kier molecular flexibility index (Phi) is 7.19. The Bertz CT molecular complexity index is 804. The van der Waals surface area contributed by atoms with Gasteiger partial charge in [0.05, 0.1) is 12.1 Å². The Morgan fingerprint density at radius 1 is 1.24 bits per heavy atom. The van der Waals surface area contributed by atoms with E-state index in [0.29, 0.717) is 18.7 Å². The molecular weight excluding hydrogens is 375 g/mol. The molecule has 2 aromatic carbocycles. The van der Waals surface area contributed by atoms with Gasteiger partial charge in [-0.2, -0.15) is 0 Å². The van der Waals surface area contributed by atoms with Crippen molar-refractivity contribution in [2.24, 2.45) is 0 Å². The van der Waals surface area contributed by atoms with Gasteiger partial charge in [-0.25, -0.2) is 4.39 Å². The van der Waals surface area contributed by atoms with Crippen molar-refractivity contribution in [3.05, 3.63) is 66.0 Å². The standard InChI is InChI=1S/C22H27FN2O4/c1-25(13-15-7-4-3-5-8-15)21-18(24-20(26)14-28-2)12-19(22(21)27)29-17-10-6-9-16(23)11-17/h3-11,18-19,21-22,27H,12-14H2,1-2H3,(H,24,26)/t18-,19-,21+,22+/m1/s1. The number of ether oxygens (including phenoxy) is 2. The van der Waals surface area contributed by atoms with Gasteiger partial charge in [-0.15, -0.1) is 0 Å². The van der Waals surface area contributed by atoms with Gasteiger partial charge in [-0.1, -0.05) is 36.4 Å². The van der Waals surface area contributed by atoms with Crippen LogP contribution in [-0.4, -0.2) is 61.0 Å². The molecule has 0 bridgehead atoms. The number of carbonyl (C=O) groups excluding carboxylic acids is 1. The van der Waals surface area contributed by atoms with E-state index < -0.39 is 18.0 Å². The van der Waals surface area contributed by atoms with Gasteiger partial charge in [-0.05, 0) is 24.7 Å². The molecule has 1 saturated carbocycles. The highest BCUT2D eigenvalue weighted by molar-refractivity contribution is 5.77. The van der Waals surface area contributed by atoms with Crippen molar-refractivity contribution >= 4 is 5.91 Å². The fourth-order valence-electron chi connectivity index (χ4n) is 3.89. The molecule has 3 rings (SSSR count). The lowest BCUT2D eigenvalue weighted by Gasteiger charge is -2.32. The lowest BCUT2D eigenvalue weighted by atomic mass is 10.1. The predicted molar refractivity (Wildman–Crippen MR) is 107 cm³/mol. The first-order chi connectivity index (χ1) is 14.0. The van der Waals surface area contributed by atoms with E-state index in [2.05, 4.69) is 5.32 Å². The van der Waals surface area contributed by atoms with Gasteiger partial charge in [0.1, 0.15) is 30.4 Å². The predicted octanol–water partition coefficient (Wildman–Crippen LogP) is 1.97.